The van der Waals surface area contributed by atoms with Gasteiger partial charge in [-0.25, -0.2) is 9.78 Å². The number of carbonyl (C=O) groups is 1. The van der Waals surface area contributed by atoms with Crippen molar-refractivity contribution < 1.29 is 9.53 Å². The molecule has 1 atom stereocenters. The van der Waals surface area contributed by atoms with Crippen molar-refractivity contribution in [2.45, 2.75) is 19.5 Å². The van der Waals surface area contributed by atoms with Crippen LogP contribution in [0.3, 0.4) is 0 Å². The first-order valence-electron chi connectivity index (χ1n) is 7.78. The standard InChI is InChI=1S/C18H20N4O2/c1-12(17-21-14-8-4-5-9-15(14)22-17)20-18(23)19-11-13-7-3-6-10-16(13)24-2/h3-10,12H,11H2,1-2H3,(H,21,22)(H2,19,20,23)/t12-/m0/s1. The van der Waals surface area contributed by atoms with Gasteiger partial charge in [-0.2, -0.15) is 0 Å². The van der Waals surface area contributed by atoms with E-state index in [1.165, 1.54) is 0 Å². The van der Waals surface area contributed by atoms with Gasteiger partial charge in [0.05, 0.1) is 24.2 Å². The molecule has 1 heterocycles. The van der Waals surface area contributed by atoms with Gasteiger partial charge in [0, 0.05) is 12.1 Å². The van der Waals surface area contributed by atoms with Gasteiger partial charge < -0.3 is 20.4 Å². The monoisotopic (exact) mass is 324 g/mol. The fraction of sp³-hybridized carbons (Fsp3) is 0.222. The van der Waals surface area contributed by atoms with Crippen molar-refractivity contribution in [2.24, 2.45) is 0 Å². The summed E-state index contributed by atoms with van der Waals surface area (Å²) in [6, 6.07) is 14.9. The van der Waals surface area contributed by atoms with Gasteiger partial charge in [-0.1, -0.05) is 30.3 Å². The van der Waals surface area contributed by atoms with Crippen LogP contribution in [-0.4, -0.2) is 23.1 Å². The Kier molecular flexibility index (Phi) is 4.65. The third kappa shape index (κ3) is 3.48. The van der Waals surface area contributed by atoms with Crippen molar-refractivity contribution in [1.29, 1.82) is 0 Å². The summed E-state index contributed by atoms with van der Waals surface area (Å²) in [4.78, 5) is 19.8. The second-order valence-corrected chi connectivity index (χ2v) is 5.50. The lowest BCUT2D eigenvalue weighted by Crippen LogP contribution is -2.37. The first-order valence-corrected chi connectivity index (χ1v) is 7.78. The number of fused-ring (bicyclic) bond motifs is 1. The summed E-state index contributed by atoms with van der Waals surface area (Å²) in [7, 11) is 1.61. The Morgan fingerprint density at radius 2 is 1.96 bits per heavy atom. The maximum absolute atomic E-state index is 12.1. The summed E-state index contributed by atoms with van der Waals surface area (Å²) in [5.41, 5.74) is 2.76. The van der Waals surface area contributed by atoms with Crippen molar-refractivity contribution >= 4 is 17.1 Å². The van der Waals surface area contributed by atoms with Gasteiger partial charge in [0.15, 0.2) is 0 Å². The molecule has 0 radical (unpaired) electrons. The number of hydrogen-bond donors (Lipinski definition) is 3. The number of carbonyl (C=O) groups excluding carboxylic acids is 1. The Morgan fingerprint density at radius 3 is 2.75 bits per heavy atom. The summed E-state index contributed by atoms with van der Waals surface area (Å²) in [5, 5.41) is 5.72. The zero-order chi connectivity index (χ0) is 16.9. The fourth-order valence-electron chi connectivity index (χ4n) is 2.52. The molecule has 0 spiro atoms. The number of urea groups is 1. The molecule has 124 valence electrons. The van der Waals surface area contributed by atoms with E-state index in [1.54, 1.807) is 7.11 Å². The number of para-hydroxylation sites is 3. The lowest BCUT2D eigenvalue weighted by atomic mass is 10.2. The molecular weight excluding hydrogens is 304 g/mol. The Labute approximate surface area is 140 Å². The van der Waals surface area contributed by atoms with E-state index in [9.17, 15) is 4.79 Å². The Bertz CT molecular complexity index is 811. The maximum atomic E-state index is 12.1. The normalized spacial score (nSPS) is 11.9. The van der Waals surface area contributed by atoms with Crippen molar-refractivity contribution in [2.75, 3.05) is 7.11 Å². The van der Waals surface area contributed by atoms with E-state index in [-0.39, 0.29) is 12.1 Å². The minimum Gasteiger partial charge on any atom is -0.496 e. The third-order valence-corrected chi connectivity index (χ3v) is 3.80. The minimum absolute atomic E-state index is 0.227. The van der Waals surface area contributed by atoms with E-state index in [0.717, 1.165) is 28.2 Å². The maximum Gasteiger partial charge on any atom is 0.315 e. The highest BCUT2D eigenvalue weighted by Gasteiger charge is 2.13. The number of methoxy groups -OCH3 is 1. The van der Waals surface area contributed by atoms with E-state index >= 15 is 0 Å². The van der Waals surface area contributed by atoms with Crippen LogP contribution in [0.25, 0.3) is 11.0 Å². The van der Waals surface area contributed by atoms with E-state index in [4.69, 9.17) is 4.74 Å². The Balaban J connectivity index is 1.60. The number of hydrogen-bond acceptors (Lipinski definition) is 3. The van der Waals surface area contributed by atoms with Crippen LogP contribution in [0.2, 0.25) is 0 Å². The van der Waals surface area contributed by atoms with Gasteiger partial charge in [-0.3, -0.25) is 0 Å². The summed E-state index contributed by atoms with van der Waals surface area (Å²) in [5.74, 6) is 1.48. The minimum atomic E-state index is -0.256. The number of nitrogens with zero attached hydrogens (tertiary/aromatic N) is 1. The number of rotatable bonds is 5. The first-order chi connectivity index (χ1) is 11.7. The van der Waals surface area contributed by atoms with Gasteiger partial charge >= 0.3 is 6.03 Å². The molecule has 3 N–H and O–H groups in total. The highest BCUT2D eigenvalue weighted by molar-refractivity contribution is 5.76. The molecule has 0 fully saturated rings. The molecule has 3 aromatic rings. The lowest BCUT2D eigenvalue weighted by molar-refractivity contribution is 0.237. The quantitative estimate of drug-likeness (QED) is 0.674. The van der Waals surface area contributed by atoms with E-state index in [0.29, 0.717) is 6.54 Å². The molecule has 0 aliphatic rings. The zero-order valence-electron chi connectivity index (χ0n) is 13.7. The van der Waals surface area contributed by atoms with Crippen molar-refractivity contribution in [3.8, 4) is 5.75 Å². The van der Waals surface area contributed by atoms with Crippen molar-refractivity contribution in [1.82, 2.24) is 20.6 Å². The molecule has 0 aliphatic heterocycles. The molecule has 0 bridgehead atoms. The molecule has 24 heavy (non-hydrogen) atoms. The number of imidazole rings is 1. The molecule has 6 heteroatoms. The first kappa shape index (κ1) is 15.9. The second kappa shape index (κ2) is 7.04. The molecule has 2 amide bonds. The molecule has 0 saturated heterocycles. The van der Waals surface area contributed by atoms with Crippen LogP contribution in [0.1, 0.15) is 24.4 Å². The molecular formula is C18H20N4O2. The van der Waals surface area contributed by atoms with Crippen LogP contribution in [-0.2, 0) is 6.54 Å². The molecule has 3 rings (SSSR count). The van der Waals surface area contributed by atoms with Crippen LogP contribution < -0.4 is 15.4 Å². The van der Waals surface area contributed by atoms with Crippen LogP contribution in [0, 0.1) is 0 Å². The topological polar surface area (TPSA) is 79.0 Å². The summed E-state index contributed by atoms with van der Waals surface area (Å²) in [6.45, 7) is 2.28. The van der Waals surface area contributed by atoms with Crippen LogP contribution in [0.4, 0.5) is 4.79 Å². The smallest absolute Gasteiger partial charge is 0.315 e. The predicted molar refractivity (Wildman–Crippen MR) is 92.9 cm³/mol. The number of aromatic nitrogens is 2. The van der Waals surface area contributed by atoms with Gasteiger partial charge in [-0.15, -0.1) is 0 Å². The van der Waals surface area contributed by atoms with Crippen LogP contribution >= 0.6 is 0 Å². The number of amides is 2. The SMILES string of the molecule is COc1ccccc1CNC(=O)N[C@@H](C)c1nc2ccccc2[nH]1. The average Bonchev–Trinajstić information content (AvgIpc) is 3.04. The third-order valence-electron chi connectivity index (χ3n) is 3.80. The van der Waals surface area contributed by atoms with E-state index in [1.807, 2.05) is 55.5 Å². The Hall–Kier alpha value is -3.02. The number of H-pyrrole nitrogens is 1. The largest absolute Gasteiger partial charge is 0.496 e. The summed E-state index contributed by atoms with van der Waals surface area (Å²) >= 11 is 0. The van der Waals surface area contributed by atoms with Gasteiger partial charge in [0.2, 0.25) is 0 Å². The van der Waals surface area contributed by atoms with Gasteiger partial charge in [-0.05, 0) is 25.1 Å². The van der Waals surface area contributed by atoms with E-state index in [2.05, 4.69) is 20.6 Å². The molecule has 0 unspecified atom stereocenters. The number of aromatic amines is 1. The van der Waals surface area contributed by atoms with Gasteiger partial charge in [0.25, 0.3) is 0 Å². The molecule has 0 saturated carbocycles. The summed E-state index contributed by atoms with van der Waals surface area (Å²) < 4.78 is 5.28. The highest BCUT2D eigenvalue weighted by Crippen LogP contribution is 2.17. The molecule has 1 aromatic heterocycles. The van der Waals surface area contributed by atoms with Crippen molar-refractivity contribution in [3.63, 3.8) is 0 Å². The fourth-order valence-corrected chi connectivity index (χ4v) is 2.52. The lowest BCUT2D eigenvalue weighted by Gasteiger charge is -2.13. The average molecular weight is 324 g/mol. The second-order valence-electron chi connectivity index (χ2n) is 5.50. The molecule has 6 nitrogen and oxygen atoms in total. The zero-order valence-corrected chi connectivity index (χ0v) is 13.7. The number of nitrogens with one attached hydrogen (secondary N) is 3. The van der Waals surface area contributed by atoms with Crippen molar-refractivity contribution in [3.05, 3.63) is 59.9 Å². The van der Waals surface area contributed by atoms with Crippen LogP contribution in [0.15, 0.2) is 48.5 Å². The van der Waals surface area contributed by atoms with Gasteiger partial charge in [0.1, 0.15) is 11.6 Å². The summed E-state index contributed by atoms with van der Waals surface area (Å²) in [6.07, 6.45) is 0. The predicted octanol–water partition coefficient (Wildman–Crippen LogP) is 3.13. The number of ether oxygens (including phenoxy) is 1. The van der Waals surface area contributed by atoms with E-state index < -0.39 is 0 Å². The highest BCUT2D eigenvalue weighted by atomic mass is 16.5. The van der Waals surface area contributed by atoms with Crippen LogP contribution in [0.5, 0.6) is 5.75 Å². The number of benzene rings is 2. The molecule has 2 aromatic carbocycles. The molecule has 0 aliphatic carbocycles. The Morgan fingerprint density at radius 1 is 1.21 bits per heavy atom.